The molecule has 0 bridgehead atoms. The minimum Gasteiger partial charge on any atom is -0.364 e. The van der Waals surface area contributed by atoms with Crippen molar-refractivity contribution in [1.29, 1.82) is 0 Å². The maximum atomic E-state index is 11.8. The predicted octanol–water partition coefficient (Wildman–Crippen LogP) is 2.54. The summed E-state index contributed by atoms with van der Waals surface area (Å²) < 4.78 is 4.72. The molecule has 2 rings (SSSR count). The lowest BCUT2D eigenvalue weighted by Crippen LogP contribution is -2.14. The molecule has 0 saturated carbocycles. The lowest BCUT2D eigenvalue weighted by Gasteiger charge is -2.06. The molecule has 0 aliphatic rings. The monoisotopic (exact) mass is 216 g/mol. The second-order valence-electron chi connectivity index (χ2n) is 3.62. The summed E-state index contributed by atoms with van der Waals surface area (Å²) in [6.07, 6.45) is 1.45. The van der Waals surface area contributed by atoms with Crippen LogP contribution in [0, 0.1) is 13.8 Å². The van der Waals surface area contributed by atoms with E-state index in [-0.39, 0.29) is 5.91 Å². The molecule has 1 N–H and O–H groups in total. The van der Waals surface area contributed by atoms with E-state index in [1.807, 2.05) is 31.2 Å². The van der Waals surface area contributed by atoms with Gasteiger partial charge >= 0.3 is 0 Å². The van der Waals surface area contributed by atoms with E-state index in [1.165, 1.54) is 6.26 Å². The van der Waals surface area contributed by atoms with Crippen molar-refractivity contribution in [1.82, 2.24) is 5.16 Å². The molecule has 0 aliphatic heterocycles. The van der Waals surface area contributed by atoms with Gasteiger partial charge in [0.15, 0.2) is 5.69 Å². The molecule has 1 aromatic carbocycles. The van der Waals surface area contributed by atoms with Gasteiger partial charge in [0.05, 0.1) is 0 Å². The lowest BCUT2D eigenvalue weighted by molar-refractivity contribution is 0.101. The Bertz CT molecular complexity index is 517. The van der Waals surface area contributed by atoms with E-state index in [4.69, 9.17) is 4.52 Å². The Morgan fingerprint density at radius 2 is 2.00 bits per heavy atom. The first-order chi connectivity index (χ1) is 7.68. The Hall–Kier alpha value is -2.10. The first kappa shape index (κ1) is 10.4. The quantitative estimate of drug-likeness (QED) is 0.839. The zero-order chi connectivity index (χ0) is 11.5. The van der Waals surface area contributed by atoms with Gasteiger partial charge in [-0.2, -0.15) is 0 Å². The maximum Gasteiger partial charge on any atom is 0.278 e. The number of amides is 1. The second kappa shape index (κ2) is 4.18. The summed E-state index contributed by atoms with van der Waals surface area (Å²) in [5.41, 5.74) is 2.85. The molecule has 0 unspecified atom stereocenters. The molecule has 4 nitrogen and oxygen atoms in total. The van der Waals surface area contributed by atoms with Gasteiger partial charge in [-0.15, -0.1) is 0 Å². The van der Waals surface area contributed by atoms with Gasteiger partial charge in [-0.1, -0.05) is 23.4 Å². The molecule has 0 atom stereocenters. The molecular formula is C12H12N2O2. The smallest absolute Gasteiger partial charge is 0.278 e. The number of nitrogens with zero attached hydrogens (tertiary/aromatic N) is 1. The first-order valence-electron chi connectivity index (χ1n) is 4.96. The first-order valence-corrected chi connectivity index (χ1v) is 4.96. The predicted molar refractivity (Wildman–Crippen MR) is 60.4 cm³/mol. The Labute approximate surface area is 93.3 Å². The minimum atomic E-state index is -0.249. The fourth-order valence-corrected chi connectivity index (χ4v) is 1.40. The number of aryl methyl sites for hydroxylation is 2. The highest BCUT2D eigenvalue weighted by molar-refractivity contribution is 6.04. The number of benzene rings is 1. The normalized spacial score (nSPS) is 10.1. The van der Waals surface area contributed by atoms with Gasteiger partial charge in [0, 0.05) is 11.3 Å². The number of carbonyl (C=O) groups excluding carboxylic acids is 1. The van der Waals surface area contributed by atoms with E-state index < -0.39 is 0 Å². The average molecular weight is 216 g/mol. The molecule has 0 radical (unpaired) electrons. The third-order valence-corrected chi connectivity index (χ3v) is 2.36. The largest absolute Gasteiger partial charge is 0.364 e. The van der Waals surface area contributed by atoms with Crippen molar-refractivity contribution in [3.63, 3.8) is 0 Å². The molecule has 1 aromatic heterocycles. The summed E-state index contributed by atoms with van der Waals surface area (Å²) in [7, 11) is 0. The zero-order valence-electron chi connectivity index (χ0n) is 9.15. The minimum absolute atomic E-state index is 0.249. The molecular weight excluding hydrogens is 204 g/mol. The Morgan fingerprint density at radius 1 is 1.25 bits per heavy atom. The zero-order valence-corrected chi connectivity index (χ0v) is 9.15. The summed E-state index contributed by atoms with van der Waals surface area (Å²) in [4.78, 5) is 11.8. The number of nitrogens with one attached hydrogen (secondary N) is 1. The summed E-state index contributed by atoms with van der Waals surface area (Å²) in [5, 5.41) is 6.45. The topological polar surface area (TPSA) is 55.1 Å². The van der Waals surface area contributed by atoms with Gasteiger partial charge in [0.25, 0.3) is 5.91 Å². The Balaban J connectivity index is 2.21. The van der Waals surface area contributed by atoms with Crippen LogP contribution in [0.15, 0.2) is 35.1 Å². The third kappa shape index (κ3) is 1.95. The molecule has 0 aliphatic carbocycles. The molecule has 0 saturated heterocycles. The Morgan fingerprint density at radius 3 is 2.62 bits per heavy atom. The van der Waals surface area contributed by atoms with E-state index in [2.05, 4.69) is 10.5 Å². The van der Waals surface area contributed by atoms with Crippen LogP contribution >= 0.6 is 0 Å². The molecule has 4 heteroatoms. The number of rotatable bonds is 2. The highest BCUT2D eigenvalue weighted by Gasteiger charge is 2.13. The highest BCUT2D eigenvalue weighted by Crippen LogP contribution is 2.15. The number of hydrogen-bond donors (Lipinski definition) is 1. The standard InChI is InChI=1S/C12H12N2O2/c1-8-5-3-4-6-10(8)13-12(15)11-9(2)7-16-14-11/h3-7H,1-2H3,(H,13,15). The summed E-state index contributed by atoms with van der Waals surface area (Å²) >= 11 is 0. The summed E-state index contributed by atoms with van der Waals surface area (Å²) in [6, 6.07) is 7.58. The van der Waals surface area contributed by atoms with E-state index in [1.54, 1.807) is 6.92 Å². The van der Waals surface area contributed by atoms with Crippen LogP contribution < -0.4 is 5.32 Å². The van der Waals surface area contributed by atoms with Gasteiger partial charge in [0.1, 0.15) is 6.26 Å². The van der Waals surface area contributed by atoms with Crippen LogP contribution in [0.1, 0.15) is 21.6 Å². The van der Waals surface area contributed by atoms with Gasteiger partial charge in [0.2, 0.25) is 0 Å². The van der Waals surface area contributed by atoms with Crippen molar-refractivity contribution < 1.29 is 9.32 Å². The second-order valence-corrected chi connectivity index (χ2v) is 3.62. The van der Waals surface area contributed by atoms with Crippen LogP contribution in [0.5, 0.6) is 0 Å². The molecule has 1 amide bonds. The molecule has 2 aromatic rings. The molecule has 82 valence electrons. The molecule has 0 fully saturated rings. The van der Waals surface area contributed by atoms with Crippen molar-refractivity contribution in [3.05, 3.63) is 47.3 Å². The third-order valence-electron chi connectivity index (χ3n) is 2.36. The molecule has 16 heavy (non-hydrogen) atoms. The molecule has 1 heterocycles. The van der Waals surface area contributed by atoms with Gasteiger partial charge < -0.3 is 9.84 Å². The number of para-hydroxylation sites is 1. The van der Waals surface area contributed by atoms with Crippen LogP contribution in [0.3, 0.4) is 0 Å². The van der Waals surface area contributed by atoms with Gasteiger partial charge in [-0.3, -0.25) is 4.79 Å². The molecule has 0 spiro atoms. The van der Waals surface area contributed by atoms with Crippen molar-refractivity contribution in [2.45, 2.75) is 13.8 Å². The SMILES string of the molecule is Cc1ccccc1NC(=O)c1nocc1C. The number of anilines is 1. The highest BCUT2D eigenvalue weighted by atomic mass is 16.5. The van der Waals surface area contributed by atoms with Gasteiger partial charge in [-0.25, -0.2) is 0 Å². The van der Waals surface area contributed by atoms with Crippen LogP contribution in [-0.2, 0) is 0 Å². The maximum absolute atomic E-state index is 11.8. The van der Waals surface area contributed by atoms with Crippen molar-refractivity contribution in [2.24, 2.45) is 0 Å². The van der Waals surface area contributed by atoms with Crippen molar-refractivity contribution >= 4 is 11.6 Å². The summed E-state index contributed by atoms with van der Waals surface area (Å²) in [6.45, 7) is 3.72. The van der Waals surface area contributed by atoms with Crippen molar-refractivity contribution in [2.75, 3.05) is 5.32 Å². The van der Waals surface area contributed by atoms with Crippen LogP contribution in [0.4, 0.5) is 5.69 Å². The number of aromatic nitrogens is 1. The number of carbonyl (C=O) groups is 1. The van der Waals surface area contributed by atoms with E-state index in [9.17, 15) is 4.79 Å². The summed E-state index contributed by atoms with van der Waals surface area (Å²) in [5.74, 6) is -0.249. The van der Waals surface area contributed by atoms with Crippen LogP contribution in [0.2, 0.25) is 0 Å². The lowest BCUT2D eigenvalue weighted by atomic mass is 10.2. The van der Waals surface area contributed by atoms with Crippen LogP contribution in [0.25, 0.3) is 0 Å². The Kier molecular flexibility index (Phi) is 2.72. The van der Waals surface area contributed by atoms with Crippen molar-refractivity contribution in [3.8, 4) is 0 Å². The van der Waals surface area contributed by atoms with E-state index in [0.29, 0.717) is 5.69 Å². The van der Waals surface area contributed by atoms with Crippen LogP contribution in [-0.4, -0.2) is 11.1 Å². The van der Waals surface area contributed by atoms with E-state index >= 15 is 0 Å². The van der Waals surface area contributed by atoms with Gasteiger partial charge in [-0.05, 0) is 25.5 Å². The fraction of sp³-hybridized carbons (Fsp3) is 0.167. The average Bonchev–Trinajstić information content (AvgIpc) is 2.68. The fourth-order valence-electron chi connectivity index (χ4n) is 1.40. The number of hydrogen-bond acceptors (Lipinski definition) is 3. The van der Waals surface area contributed by atoms with E-state index in [0.717, 1.165) is 16.8 Å².